The van der Waals surface area contributed by atoms with E-state index in [1.807, 2.05) is 31.2 Å². The molecular formula is C19H18BrN3O3S. The molecule has 0 bridgehead atoms. The van der Waals surface area contributed by atoms with Crippen LogP contribution in [0.4, 0.5) is 11.4 Å². The van der Waals surface area contributed by atoms with Crippen LogP contribution in [-0.2, 0) is 0 Å². The van der Waals surface area contributed by atoms with Crippen LogP contribution in [-0.4, -0.2) is 21.8 Å². The van der Waals surface area contributed by atoms with Gasteiger partial charge in [-0.15, -0.1) is 11.3 Å². The first kappa shape index (κ1) is 20.6. The van der Waals surface area contributed by atoms with E-state index in [2.05, 4.69) is 26.2 Å². The monoisotopic (exact) mass is 447 g/mol. The summed E-state index contributed by atoms with van der Waals surface area (Å²) in [5.41, 5.74) is 2.49. The fourth-order valence-electron chi connectivity index (χ4n) is 2.52. The van der Waals surface area contributed by atoms with Gasteiger partial charge in [-0.2, -0.15) is 0 Å². The molecule has 27 heavy (non-hydrogen) atoms. The van der Waals surface area contributed by atoms with Gasteiger partial charge in [-0.3, -0.25) is 10.2 Å². The predicted octanol–water partition coefficient (Wildman–Crippen LogP) is 5.00. The van der Waals surface area contributed by atoms with Crippen molar-refractivity contribution >= 4 is 50.3 Å². The first-order valence-electron chi connectivity index (χ1n) is 7.53. The number of hydrogen-bond acceptors (Lipinski definition) is 5. The molecule has 3 rings (SSSR count). The van der Waals surface area contributed by atoms with Crippen molar-refractivity contribution < 1.29 is 9.90 Å². The molecule has 4 N–H and O–H groups in total. The van der Waals surface area contributed by atoms with E-state index >= 15 is 0 Å². The molecule has 6 nitrogen and oxygen atoms in total. The number of aromatic amines is 1. The first-order valence-corrected chi connectivity index (χ1v) is 9.20. The van der Waals surface area contributed by atoms with Gasteiger partial charge in [-0.1, -0.05) is 31.7 Å². The summed E-state index contributed by atoms with van der Waals surface area (Å²) in [6.07, 6.45) is 1.49. The van der Waals surface area contributed by atoms with Crippen molar-refractivity contribution in [2.45, 2.75) is 14.4 Å². The van der Waals surface area contributed by atoms with Crippen LogP contribution in [0.15, 0.2) is 51.2 Å². The molecule has 0 aliphatic heterocycles. The molecule has 8 heteroatoms. The maximum Gasteiger partial charge on any atom is 0.345 e. The third kappa shape index (κ3) is 4.17. The van der Waals surface area contributed by atoms with Crippen molar-refractivity contribution in [2.75, 3.05) is 5.32 Å². The molecule has 3 aromatic rings. The second-order valence-electron chi connectivity index (χ2n) is 5.54. The molecular weight excluding hydrogens is 430 g/mol. The fourth-order valence-corrected chi connectivity index (χ4v) is 3.70. The van der Waals surface area contributed by atoms with Gasteiger partial charge in [-0.05, 0) is 34.5 Å². The summed E-state index contributed by atoms with van der Waals surface area (Å²) >= 11 is 4.46. The van der Waals surface area contributed by atoms with Crippen LogP contribution >= 0.6 is 27.3 Å². The maximum absolute atomic E-state index is 12.4. The Hall–Kier alpha value is -2.71. The Balaban J connectivity index is 0.00000261. The van der Waals surface area contributed by atoms with E-state index in [1.54, 1.807) is 5.38 Å². The molecule has 0 radical (unpaired) electrons. The molecule has 0 amide bonds. The summed E-state index contributed by atoms with van der Waals surface area (Å²) in [5, 5.41) is 22.2. The van der Waals surface area contributed by atoms with E-state index in [4.69, 9.17) is 10.5 Å². The van der Waals surface area contributed by atoms with Crippen LogP contribution in [0.25, 0.3) is 0 Å². The topological polar surface area (TPSA) is 106 Å². The minimum atomic E-state index is -1.03. The summed E-state index contributed by atoms with van der Waals surface area (Å²) in [6, 6.07) is 8.90. The van der Waals surface area contributed by atoms with Gasteiger partial charge in [0, 0.05) is 27.2 Å². The van der Waals surface area contributed by atoms with Gasteiger partial charge in [-0.25, -0.2) is 4.79 Å². The maximum atomic E-state index is 12.4. The number of aromatic carboxylic acids is 1. The van der Waals surface area contributed by atoms with Gasteiger partial charge in [0.15, 0.2) is 0 Å². The number of benzene rings is 1. The minimum Gasteiger partial charge on any atom is -0.477 e. The normalized spacial score (nSPS) is 10.1. The standard InChI is InChI=1S/C18H14BrN3O3S.CH4/c1-9-4-2-3-5-11(9)15(20)14-12(19)7-21-17(23)16(14)22-10-6-13(18(24)25)26-8-10;/h2-8,20,22H,1H3,(H,21,23)(H,24,25);1H4. The van der Waals surface area contributed by atoms with Crippen LogP contribution < -0.4 is 10.9 Å². The lowest BCUT2D eigenvalue weighted by Gasteiger charge is -2.14. The van der Waals surface area contributed by atoms with Crippen molar-refractivity contribution in [3.05, 3.63) is 78.3 Å². The van der Waals surface area contributed by atoms with Crippen molar-refractivity contribution in [2.24, 2.45) is 0 Å². The highest BCUT2D eigenvalue weighted by Gasteiger charge is 2.19. The molecule has 0 atom stereocenters. The fraction of sp³-hybridized carbons (Fsp3) is 0.105. The van der Waals surface area contributed by atoms with Crippen LogP contribution in [0.3, 0.4) is 0 Å². The molecule has 0 spiro atoms. The van der Waals surface area contributed by atoms with Gasteiger partial charge >= 0.3 is 5.97 Å². The van der Waals surface area contributed by atoms with Gasteiger partial charge < -0.3 is 15.4 Å². The molecule has 0 unspecified atom stereocenters. The van der Waals surface area contributed by atoms with Crippen LogP contribution in [0.1, 0.15) is 33.8 Å². The van der Waals surface area contributed by atoms with Crippen molar-refractivity contribution in [3.8, 4) is 0 Å². The average molecular weight is 448 g/mol. The summed E-state index contributed by atoms with van der Waals surface area (Å²) in [5.74, 6) is -1.03. The summed E-state index contributed by atoms with van der Waals surface area (Å²) in [6.45, 7) is 1.90. The number of carbonyl (C=O) groups is 1. The Labute approximate surface area is 168 Å². The number of aryl methyl sites for hydroxylation is 1. The molecule has 0 fully saturated rings. The second-order valence-corrected chi connectivity index (χ2v) is 7.30. The van der Waals surface area contributed by atoms with E-state index < -0.39 is 11.5 Å². The Morgan fingerprint density at radius 1 is 1.33 bits per heavy atom. The van der Waals surface area contributed by atoms with Crippen molar-refractivity contribution in [1.29, 1.82) is 5.41 Å². The summed E-state index contributed by atoms with van der Waals surface area (Å²) in [7, 11) is 0. The smallest absolute Gasteiger partial charge is 0.345 e. The number of thiophene rings is 1. The number of carboxylic acids is 1. The molecule has 1 aromatic carbocycles. The van der Waals surface area contributed by atoms with E-state index in [-0.39, 0.29) is 23.7 Å². The molecule has 0 saturated carbocycles. The quantitative estimate of drug-likeness (QED) is 0.412. The Kier molecular flexibility index (Phi) is 6.35. The first-order chi connectivity index (χ1) is 12.4. The van der Waals surface area contributed by atoms with E-state index in [1.165, 1.54) is 12.3 Å². The number of aromatic nitrogens is 1. The van der Waals surface area contributed by atoms with Gasteiger partial charge in [0.2, 0.25) is 0 Å². The number of nitrogens with one attached hydrogen (secondary N) is 3. The van der Waals surface area contributed by atoms with E-state index in [9.17, 15) is 9.59 Å². The number of H-pyrrole nitrogens is 1. The number of halogens is 1. The zero-order chi connectivity index (χ0) is 18.8. The molecule has 0 aliphatic carbocycles. The van der Waals surface area contributed by atoms with Crippen LogP contribution in [0, 0.1) is 12.3 Å². The van der Waals surface area contributed by atoms with Crippen LogP contribution in [0.5, 0.6) is 0 Å². The third-order valence-corrected chi connectivity index (χ3v) is 5.33. The highest BCUT2D eigenvalue weighted by molar-refractivity contribution is 9.10. The second kappa shape index (κ2) is 8.32. The number of pyridine rings is 1. The summed E-state index contributed by atoms with van der Waals surface area (Å²) < 4.78 is 0.557. The lowest BCUT2D eigenvalue weighted by atomic mass is 9.98. The number of carboxylic acid groups (broad SMARTS) is 1. The highest BCUT2D eigenvalue weighted by Crippen LogP contribution is 2.29. The zero-order valence-electron chi connectivity index (χ0n) is 13.6. The summed E-state index contributed by atoms with van der Waals surface area (Å²) in [4.78, 5) is 26.2. The third-order valence-electron chi connectivity index (χ3n) is 3.79. The minimum absolute atomic E-state index is 0. The number of hydrogen-bond donors (Lipinski definition) is 4. The Morgan fingerprint density at radius 2 is 2.04 bits per heavy atom. The zero-order valence-corrected chi connectivity index (χ0v) is 16.0. The molecule has 0 aliphatic rings. The Bertz CT molecular complexity index is 1070. The van der Waals surface area contributed by atoms with E-state index in [0.717, 1.165) is 16.9 Å². The lowest BCUT2D eigenvalue weighted by Crippen LogP contribution is -2.18. The van der Waals surface area contributed by atoms with Gasteiger partial charge in [0.25, 0.3) is 5.56 Å². The molecule has 2 heterocycles. The van der Waals surface area contributed by atoms with Gasteiger partial charge in [0.1, 0.15) is 10.6 Å². The Morgan fingerprint density at radius 3 is 2.67 bits per heavy atom. The molecule has 2 aromatic heterocycles. The molecule has 0 saturated heterocycles. The van der Waals surface area contributed by atoms with Crippen molar-refractivity contribution in [3.63, 3.8) is 0 Å². The lowest BCUT2D eigenvalue weighted by molar-refractivity contribution is 0.0702. The SMILES string of the molecule is C.Cc1ccccc1C(=N)c1c(Br)c[nH]c(=O)c1Nc1csc(C(=O)O)c1. The average Bonchev–Trinajstić information content (AvgIpc) is 3.07. The predicted molar refractivity (Wildman–Crippen MR) is 113 cm³/mol. The number of rotatable bonds is 5. The van der Waals surface area contributed by atoms with Crippen LogP contribution in [0.2, 0.25) is 0 Å². The van der Waals surface area contributed by atoms with Gasteiger partial charge in [0.05, 0.1) is 11.4 Å². The highest BCUT2D eigenvalue weighted by atomic mass is 79.9. The van der Waals surface area contributed by atoms with Crippen molar-refractivity contribution in [1.82, 2.24) is 4.98 Å². The number of anilines is 2. The van der Waals surface area contributed by atoms with E-state index in [0.29, 0.717) is 21.3 Å². The largest absolute Gasteiger partial charge is 0.477 e. The molecule has 140 valence electrons.